The van der Waals surface area contributed by atoms with E-state index in [4.69, 9.17) is 4.74 Å². The number of carbonyl (C=O) groups is 1. The van der Waals surface area contributed by atoms with Crippen LogP contribution < -0.4 is 5.32 Å². The van der Waals surface area contributed by atoms with Gasteiger partial charge in [0, 0.05) is 12.8 Å². The Kier molecular flexibility index (Phi) is 6.39. The van der Waals surface area contributed by atoms with Crippen LogP contribution in [0.15, 0.2) is 18.2 Å². The van der Waals surface area contributed by atoms with Crippen LogP contribution in [0.1, 0.15) is 11.1 Å². The Morgan fingerprint density at radius 2 is 1.52 bits per heavy atom. The molecule has 130 valence electrons. The molecule has 10 heteroatoms. The lowest BCUT2D eigenvalue weighted by Gasteiger charge is -2.14. The highest BCUT2D eigenvalue weighted by Gasteiger charge is 2.37. The number of halogens is 6. The molecule has 0 heterocycles. The smallest absolute Gasteiger partial charge is 0.382 e. The molecule has 23 heavy (non-hydrogen) atoms. The van der Waals surface area contributed by atoms with E-state index in [1.807, 2.05) is 5.32 Å². The van der Waals surface area contributed by atoms with Gasteiger partial charge in [0.15, 0.2) is 0 Å². The van der Waals surface area contributed by atoms with Crippen molar-refractivity contribution in [3.63, 3.8) is 0 Å². The molecule has 1 aromatic rings. The molecular weight excluding hydrogens is 332 g/mol. The SMILES string of the molecule is COCCOCC(=O)Nc1cc(C(F)(F)F)cc(C(F)(F)F)c1. The van der Waals surface area contributed by atoms with E-state index < -0.39 is 41.7 Å². The van der Waals surface area contributed by atoms with Crippen LogP contribution in [-0.2, 0) is 26.6 Å². The van der Waals surface area contributed by atoms with Gasteiger partial charge in [-0.3, -0.25) is 4.79 Å². The Bertz CT molecular complexity index is 509. The molecule has 0 radical (unpaired) electrons. The van der Waals surface area contributed by atoms with E-state index in [0.29, 0.717) is 12.1 Å². The number of alkyl halides is 6. The molecule has 0 aliphatic rings. The third-order valence-electron chi connectivity index (χ3n) is 2.54. The maximum Gasteiger partial charge on any atom is 0.416 e. The van der Waals surface area contributed by atoms with Crippen LogP contribution in [0.25, 0.3) is 0 Å². The molecule has 0 atom stereocenters. The molecular formula is C13H13F6NO3. The predicted molar refractivity (Wildman–Crippen MR) is 67.8 cm³/mol. The van der Waals surface area contributed by atoms with Gasteiger partial charge in [-0.05, 0) is 18.2 Å². The highest BCUT2D eigenvalue weighted by molar-refractivity contribution is 5.91. The number of hydrogen-bond donors (Lipinski definition) is 1. The largest absolute Gasteiger partial charge is 0.416 e. The monoisotopic (exact) mass is 345 g/mol. The van der Waals surface area contributed by atoms with Crippen molar-refractivity contribution in [2.75, 3.05) is 32.2 Å². The van der Waals surface area contributed by atoms with Crippen molar-refractivity contribution < 1.29 is 40.6 Å². The van der Waals surface area contributed by atoms with E-state index in [-0.39, 0.29) is 19.3 Å². The molecule has 0 saturated heterocycles. The molecule has 0 bridgehead atoms. The Hall–Kier alpha value is -1.81. The molecule has 0 saturated carbocycles. The van der Waals surface area contributed by atoms with Gasteiger partial charge in [0.25, 0.3) is 0 Å². The average molecular weight is 345 g/mol. The summed E-state index contributed by atoms with van der Waals surface area (Å²) in [6, 6.07) is 0.815. The molecule has 0 spiro atoms. The predicted octanol–water partition coefficient (Wildman–Crippen LogP) is 3.33. The Balaban J connectivity index is 2.91. The van der Waals surface area contributed by atoms with Gasteiger partial charge in [-0.1, -0.05) is 0 Å². The van der Waals surface area contributed by atoms with Crippen LogP contribution in [0.4, 0.5) is 32.0 Å². The van der Waals surface area contributed by atoms with Crippen LogP contribution >= 0.6 is 0 Å². The van der Waals surface area contributed by atoms with Crippen molar-refractivity contribution in [2.45, 2.75) is 12.4 Å². The van der Waals surface area contributed by atoms with Gasteiger partial charge >= 0.3 is 12.4 Å². The fourth-order valence-corrected chi connectivity index (χ4v) is 1.53. The number of benzene rings is 1. The van der Waals surface area contributed by atoms with Crippen LogP contribution in [0, 0.1) is 0 Å². The topological polar surface area (TPSA) is 47.6 Å². The Morgan fingerprint density at radius 1 is 1.00 bits per heavy atom. The summed E-state index contributed by atoms with van der Waals surface area (Å²) in [4.78, 5) is 11.5. The van der Waals surface area contributed by atoms with Crippen molar-refractivity contribution >= 4 is 11.6 Å². The molecule has 1 aromatic carbocycles. The van der Waals surface area contributed by atoms with Gasteiger partial charge in [-0.2, -0.15) is 26.3 Å². The van der Waals surface area contributed by atoms with E-state index in [9.17, 15) is 31.1 Å². The standard InChI is InChI=1S/C13H13F6NO3/c1-22-2-3-23-7-11(21)20-10-5-8(12(14,15)16)4-9(6-10)13(17,18)19/h4-6H,2-3,7H2,1H3,(H,20,21). The molecule has 0 aliphatic carbocycles. The summed E-state index contributed by atoms with van der Waals surface area (Å²) in [5.74, 6) is -0.881. The maximum atomic E-state index is 12.6. The zero-order chi connectivity index (χ0) is 17.7. The van der Waals surface area contributed by atoms with Crippen molar-refractivity contribution in [1.29, 1.82) is 0 Å². The number of anilines is 1. The van der Waals surface area contributed by atoms with E-state index in [1.54, 1.807) is 0 Å². The summed E-state index contributed by atoms with van der Waals surface area (Å²) in [5.41, 5.74) is -3.64. The summed E-state index contributed by atoms with van der Waals surface area (Å²) in [7, 11) is 1.39. The van der Waals surface area contributed by atoms with Gasteiger partial charge < -0.3 is 14.8 Å². The van der Waals surface area contributed by atoms with E-state index in [1.165, 1.54) is 7.11 Å². The van der Waals surface area contributed by atoms with E-state index in [2.05, 4.69) is 4.74 Å². The van der Waals surface area contributed by atoms with E-state index in [0.717, 1.165) is 0 Å². The highest BCUT2D eigenvalue weighted by atomic mass is 19.4. The molecule has 1 N–H and O–H groups in total. The number of carbonyl (C=O) groups excluding carboxylic acids is 1. The number of ether oxygens (including phenoxy) is 2. The van der Waals surface area contributed by atoms with Crippen LogP contribution in [0.5, 0.6) is 0 Å². The van der Waals surface area contributed by atoms with Gasteiger partial charge in [-0.15, -0.1) is 0 Å². The lowest BCUT2D eigenvalue weighted by atomic mass is 10.1. The minimum atomic E-state index is -4.98. The molecule has 0 aliphatic heterocycles. The normalized spacial score (nSPS) is 12.3. The molecule has 0 fully saturated rings. The second-order valence-electron chi connectivity index (χ2n) is 4.39. The summed E-state index contributed by atoms with van der Waals surface area (Å²) >= 11 is 0. The number of amides is 1. The third kappa shape index (κ3) is 6.45. The van der Waals surface area contributed by atoms with Crippen molar-refractivity contribution in [3.8, 4) is 0 Å². The zero-order valence-electron chi connectivity index (χ0n) is 11.8. The van der Waals surface area contributed by atoms with Crippen molar-refractivity contribution in [2.24, 2.45) is 0 Å². The van der Waals surface area contributed by atoms with Gasteiger partial charge in [-0.25, -0.2) is 0 Å². The Morgan fingerprint density at radius 3 is 1.96 bits per heavy atom. The molecule has 0 aromatic heterocycles. The number of methoxy groups -OCH3 is 1. The fourth-order valence-electron chi connectivity index (χ4n) is 1.53. The first-order valence-corrected chi connectivity index (χ1v) is 6.20. The van der Waals surface area contributed by atoms with E-state index >= 15 is 0 Å². The number of nitrogens with one attached hydrogen (secondary N) is 1. The lowest BCUT2D eigenvalue weighted by Crippen LogP contribution is -2.20. The third-order valence-corrected chi connectivity index (χ3v) is 2.54. The van der Waals surface area contributed by atoms with Gasteiger partial charge in [0.2, 0.25) is 5.91 Å². The van der Waals surface area contributed by atoms with Crippen LogP contribution in [0.2, 0.25) is 0 Å². The van der Waals surface area contributed by atoms with Crippen LogP contribution in [0.3, 0.4) is 0 Å². The zero-order valence-corrected chi connectivity index (χ0v) is 11.8. The lowest BCUT2D eigenvalue weighted by molar-refractivity contribution is -0.143. The van der Waals surface area contributed by atoms with Gasteiger partial charge in [0.1, 0.15) is 6.61 Å². The highest BCUT2D eigenvalue weighted by Crippen LogP contribution is 2.37. The van der Waals surface area contributed by atoms with Crippen molar-refractivity contribution in [3.05, 3.63) is 29.3 Å². The fraction of sp³-hybridized carbons (Fsp3) is 0.462. The first-order chi connectivity index (χ1) is 10.5. The molecule has 1 rings (SSSR count). The summed E-state index contributed by atoms with van der Waals surface area (Å²) in [6.07, 6.45) is -9.95. The van der Waals surface area contributed by atoms with Crippen LogP contribution in [-0.4, -0.2) is 32.8 Å². The number of hydrogen-bond acceptors (Lipinski definition) is 3. The average Bonchev–Trinajstić information content (AvgIpc) is 2.41. The molecule has 0 unspecified atom stereocenters. The minimum Gasteiger partial charge on any atom is -0.382 e. The Labute approximate surface area is 127 Å². The summed E-state index contributed by atoms with van der Waals surface area (Å²) in [5, 5.41) is 1.94. The van der Waals surface area contributed by atoms with Gasteiger partial charge in [0.05, 0.1) is 24.3 Å². The quantitative estimate of drug-likeness (QED) is 0.636. The minimum absolute atomic E-state index is 0.0231. The number of rotatable bonds is 6. The second kappa shape index (κ2) is 7.64. The van der Waals surface area contributed by atoms with Crippen molar-refractivity contribution in [1.82, 2.24) is 0 Å². The summed E-state index contributed by atoms with van der Waals surface area (Å²) in [6.45, 7) is -0.281. The molecule has 4 nitrogen and oxygen atoms in total. The first-order valence-electron chi connectivity index (χ1n) is 6.20. The maximum absolute atomic E-state index is 12.6. The summed E-state index contributed by atoms with van der Waals surface area (Å²) < 4.78 is 85.3. The molecule has 1 amide bonds. The second-order valence-corrected chi connectivity index (χ2v) is 4.39. The first kappa shape index (κ1) is 19.2.